The third-order valence-corrected chi connectivity index (χ3v) is 12.8. The van der Waals surface area contributed by atoms with Crippen molar-refractivity contribution in [3.05, 3.63) is 103 Å². The average Bonchev–Trinajstić information content (AvgIpc) is 3.64. The molecule has 2 N–H and O–H groups in total. The number of rotatable bonds is 6. The van der Waals surface area contributed by atoms with Crippen molar-refractivity contribution in [2.45, 2.75) is 104 Å². The monoisotopic (exact) mass is 734 g/mol. The number of nitrogens with zero attached hydrogens (tertiary/aromatic N) is 2. The summed E-state index contributed by atoms with van der Waals surface area (Å²) in [5, 5.41) is 18.9. The third kappa shape index (κ3) is 5.76. The number of aromatic carboxylic acids is 2. The number of fused-ring (bicyclic) bond motifs is 12. The number of pyridine rings is 2. The highest BCUT2D eigenvalue weighted by molar-refractivity contribution is 5.88. The van der Waals surface area contributed by atoms with Gasteiger partial charge in [-0.2, -0.15) is 0 Å². The first-order chi connectivity index (χ1) is 25.6. The molecule has 4 heterocycles. The van der Waals surface area contributed by atoms with Crippen LogP contribution < -0.4 is 20.3 Å². The summed E-state index contributed by atoms with van der Waals surface area (Å²) in [6.45, 7) is 13.1. The molecule has 2 aromatic carbocycles. The van der Waals surface area contributed by atoms with Crippen molar-refractivity contribution in [3.8, 4) is 34.0 Å². The SMILES string of the molecule is CCc1cc2c(cc1OC)-c1cc(=O)c(C(=O)O)cn1[C@@H]1[C@H]2CCC1(C)C.CCc1cc2c(cc1OC)-c1cc(=O)c(C(=O)O)cn1[C@H]1[C@@H]2CCC1(C)C. The van der Waals surface area contributed by atoms with E-state index >= 15 is 0 Å². The average molecular weight is 735 g/mol. The molecular formula is C44H50N2O8. The van der Waals surface area contributed by atoms with E-state index in [4.69, 9.17) is 9.47 Å². The van der Waals surface area contributed by atoms with Gasteiger partial charge >= 0.3 is 11.9 Å². The second-order valence-electron chi connectivity index (χ2n) is 16.7. The summed E-state index contributed by atoms with van der Waals surface area (Å²) in [7, 11) is 3.32. The summed E-state index contributed by atoms with van der Waals surface area (Å²) in [5.41, 5.74) is 7.19. The fourth-order valence-corrected chi connectivity index (χ4v) is 10.1. The molecule has 0 bridgehead atoms. The molecular weight excluding hydrogens is 684 g/mol. The Kier molecular flexibility index (Phi) is 9.18. The Labute approximate surface area is 315 Å². The van der Waals surface area contributed by atoms with Gasteiger partial charge in [-0.1, -0.05) is 53.7 Å². The highest BCUT2D eigenvalue weighted by Gasteiger charge is 2.49. The van der Waals surface area contributed by atoms with Gasteiger partial charge in [-0.05, 0) is 83.7 Å². The summed E-state index contributed by atoms with van der Waals surface area (Å²) in [6, 6.07) is 11.7. The Bertz CT molecular complexity index is 2170. The fraction of sp³-hybridized carbons (Fsp3) is 0.455. The van der Waals surface area contributed by atoms with Crippen LogP contribution in [0, 0.1) is 10.8 Å². The Morgan fingerprint density at radius 2 is 1.04 bits per heavy atom. The first kappa shape index (κ1) is 37.2. The summed E-state index contributed by atoms with van der Waals surface area (Å²) in [5.74, 6) is -0.105. The molecule has 0 radical (unpaired) electrons. The van der Waals surface area contributed by atoms with Gasteiger partial charge in [-0.25, -0.2) is 9.59 Å². The molecule has 4 atom stereocenters. The molecule has 0 saturated heterocycles. The number of benzene rings is 2. The number of aryl methyl sites for hydroxylation is 2. The van der Waals surface area contributed by atoms with E-state index in [-0.39, 0.29) is 34.0 Å². The van der Waals surface area contributed by atoms with Gasteiger partial charge in [0.25, 0.3) is 0 Å². The van der Waals surface area contributed by atoms with Crippen molar-refractivity contribution >= 4 is 11.9 Å². The second-order valence-corrected chi connectivity index (χ2v) is 16.7. The number of carboxylic acid groups (broad SMARTS) is 2. The molecule has 2 saturated carbocycles. The van der Waals surface area contributed by atoms with E-state index in [9.17, 15) is 29.4 Å². The lowest BCUT2D eigenvalue weighted by Crippen LogP contribution is -2.32. The maximum absolute atomic E-state index is 12.4. The van der Waals surface area contributed by atoms with Gasteiger partial charge in [0.05, 0.1) is 25.6 Å². The summed E-state index contributed by atoms with van der Waals surface area (Å²) in [4.78, 5) is 48.0. The van der Waals surface area contributed by atoms with Crippen LogP contribution in [0.1, 0.15) is 134 Å². The van der Waals surface area contributed by atoms with E-state index in [1.807, 2.05) is 21.3 Å². The van der Waals surface area contributed by atoms with Gasteiger partial charge in [-0.15, -0.1) is 0 Å². The lowest BCUT2D eigenvalue weighted by atomic mass is 9.77. The summed E-state index contributed by atoms with van der Waals surface area (Å²) < 4.78 is 15.2. The molecule has 8 rings (SSSR count). The van der Waals surface area contributed by atoms with Crippen LogP contribution in [0.2, 0.25) is 0 Å². The first-order valence-corrected chi connectivity index (χ1v) is 19.0. The molecule has 10 heteroatoms. The van der Waals surface area contributed by atoms with Crippen molar-refractivity contribution in [1.29, 1.82) is 0 Å². The van der Waals surface area contributed by atoms with Gasteiger partial charge in [0.2, 0.25) is 0 Å². The Hall–Kier alpha value is -5.12. The molecule has 54 heavy (non-hydrogen) atoms. The lowest BCUT2D eigenvalue weighted by molar-refractivity contribution is 0.0683. The quantitative estimate of drug-likeness (QED) is 0.201. The Morgan fingerprint density at radius 1 is 0.667 bits per heavy atom. The van der Waals surface area contributed by atoms with Gasteiger partial charge in [0, 0.05) is 59.6 Å². The molecule has 0 unspecified atom stereocenters. The van der Waals surface area contributed by atoms with Crippen LogP contribution in [-0.4, -0.2) is 45.5 Å². The molecule has 2 aliphatic carbocycles. The van der Waals surface area contributed by atoms with Gasteiger partial charge < -0.3 is 28.8 Å². The molecule has 10 nitrogen and oxygen atoms in total. The van der Waals surface area contributed by atoms with Crippen LogP contribution in [0.5, 0.6) is 11.5 Å². The highest BCUT2D eigenvalue weighted by Crippen LogP contribution is 2.60. The number of hydrogen-bond donors (Lipinski definition) is 2. The van der Waals surface area contributed by atoms with Crippen molar-refractivity contribution in [3.63, 3.8) is 0 Å². The van der Waals surface area contributed by atoms with E-state index in [1.54, 1.807) is 26.6 Å². The van der Waals surface area contributed by atoms with Crippen LogP contribution in [0.15, 0.2) is 58.4 Å². The largest absolute Gasteiger partial charge is 0.496 e. The van der Waals surface area contributed by atoms with Gasteiger partial charge in [0.15, 0.2) is 10.9 Å². The molecule has 2 fully saturated rings. The predicted octanol–water partition coefficient (Wildman–Crippen LogP) is 8.49. The summed E-state index contributed by atoms with van der Waals surface area (Å²) >= 11 is 0. The standard InChI is InChI=1S/2C22H25NO4/c2*1-5-12-8-14-13-6-7-22(2,3)20(13)23-11-16(21(25)26)18(24)10-17(23)15(14)9-19(12)27-4/h2*8-11,13,20H,5-7H2,1-4H3,(H,25,26)/t2*13-,20+/m10/s1. The minimum Gasteiger partial charge on any atom is -0.496 e. The van der Waals surface area contributed by atoms with Crippen molar-refractivity contribution in [2.24, 2.45) is 10.8 Å². The number of ether oxygens (including phenoxy) is 2. The maximum Gasteiger partial charge on any atom is 0.341 e. The molecule has 0 spiro atoms. The number of carbonyl (C=O) groups is 2. The number of hydrogen-bond acceptors (Lipinski definition) is 6. The number of methoxy groups -OCH3 is 2. The molecule has 4 aliphatic rings. The van der Waals surface area contributed by atoms with Crippen LogP contribution in [0.25, 0.3) is 22.5 Å². The second kappa shape index (κ2) is 13.3. The lowest BCUT2D eigenvalue weighted by Gasteiger charge is -2.40. The van der Waals surface area contributed by atoms with E-state index in [1.165, 1.54) is 23.3 Å². The molecule has 2 aliphatic heterocycles. The van der Waals surface area contributed by atoms with E-state index < -0.39 is 22.8 Å². The van der Waals surface area contributed by atoms with Gasteiger partial charge in [-0.3, -0.25) is 9.59 Å². The van der Waals surface area contributed by atoms with Crippen LogP contribution in [-0.2, 0) is 12.8 Å². The molecule has 2 aromatic heterocycles. The zero-order valence-corrected chi connectivity index (χ0v) is 32.4. The van der Waals surface area contributed by atoms with Crippen molar-refractivity contribution < 1.29 is 29.3 Å². The third-order valence-electron chi connectivity index (χ3n) is 12.8. The number of carboxylic acids is 2. The zero-order chi connectivity index (χ0) is 39.0. The topological polar surface area (TPSA) is 137 Å². The van der Waals surface area contributed by atoms with Crippen molar-refractivity contribution in [1.82, 2.24) is 9.13 Å². The van der Waals surface area contributed by atoms with Crippen LogP contribution >= 0.6 is 0 Å². The smallest absolute Gasteiger partial charge is 0.341 e. The van der Waals surface area contributed by atoms with E-state index in [2.05, 4.69) is 53.7 Å². The Balaban J connectivity index is 0.000000167. The molecule has 0 amide bonds. The molecule has 4 aromatic rings. The molecule has 284 valence electrons. The fourth-order valence-electron chi connectivity index (χ4n) is 10.1. The van der Waals surface area contributed by atoms with Gasteiger partial charge in [0.1, 0.15) is 22.6 Å². The van der Waals surface area contributed by atoms with E-state index in [0.717, 1.165) is 83.7 Å². The number of aromatic nitrogens is 2. The van der Waals surface area contributed by atoms with Crippen LogP contribution in [0.4, 0.5) is 0 Å². The highest BCUT2D eigenvalue weighted by atomic mass is 16.5. The normalized spacial score (nSPS) is 21.9. The first-order valence-electron chi connectivity index (χ1n) is 19.0. The van der Waals surface area contributed by atoms with Crippen LogP contribution in [0.3, 0.4) is 0 Å². The maximum atomic E-state index is 12.4. The predicted molar refractivity (Wildman–Crippen MR) is 208 cm³/mol. The minimum atomic E-state index is -1.17. The zero-order valence-electron chi connectivity index (χ0n) is 32.4. The van der Waals surface area contributed by atoms with E-state index in [0.29, 0.717) is 11.8 Å². The minimum absolute atomic E-state index is 0.0221. The Morgan fingerprint density at radius 3 is 1.35 bits per heavy atom. The van der Waals surface area contributed by atoms with Crippen molar-refractivity contribution in [2.75, 3.05) is 14.2 Å². The summed E-state index contributed by atoms with van der Waals surface area (Å²) in [6.07, 6.45) is 9.07.